The van der Waals surface area contributed by atoms with Crippen LogP contribution in [0.5, 0.6) is 0 Å². The van der Waals surface area contributed by atoms with Crippen LogP contribution in [0.1, 0.15) is 25.3 Å². The third-order valence-corrected chi connectivity index (χ3v) is 5.21. The lowest BCUT2D eigenvalue weighted by atomic mass is 9.99. The Morgan fingerprint density at radius 2 is 1.96 bits per heavy atom. The fourth-order valence-corrected chi connectivity index (χ4v) is 3.67. The quantitative estimate of drug-likeness (QED) is 0.681. The zero-order chi connectivity index (χ0) is 17.8. The average molecular weight is 350 g/mol. The lowest BCUT2D eigenvalue weighted by Gasteiger charge is -2.28. The number of hydrogen-bond donors (Lipinski definition) is 0. The van der Waals surface area contributed by atoms with Gasteiger partial charge in [-0.25, -0.2) is 9.50 Å². The molecule has 1 saturated heterocycles. The van der Waals surface area contributed by atoms with Gasteiger partial charge >= 0.3 is 0 Å². The largest absolute Gasteiger partial charge is 0.381 e. The molecule has 1 aliphatic heterocycles. The van der Waals surface area contributed by atoms with Crippen molar-refractivity contribution < 1.29 is 4.74 Å². The molecule has 4 rings (SSSR count). The first-order valence-electron chi connectivity index (χ1n) is 9.51. The van der Waals surface area contributed by atoms with Gasteiger partial charge in [-0.2, -0.15) is 5.10 Å². The Labute approximate surface area is 154 Å². The van der Waals surface area contributed by atoms with Gasteiger partial charge in [0.15, 0.2) is 5.65 Å². The van der Waals surface area contributed by atoms with Crippen molar-refractivity contribution in [3.05, 3.63) is 54.5 Å². The fourth-order valence-electron chi connectivity index (χ4n) is 3.67. The molecule has 0 spiro atoms. The van der Waals surface area contributed by atoms with Crippen molar-refractivity contribution in [2.45, 2.75) is 26.3 Å². The van der Waals surface area contributed by atoms with Gasteiger partial charge in [-0.1, -0.05) is 37.3 Å². The fraction of sp³-hybridized carbons (Fsp3) is 0.429. The molecular weight excluding hydrogens is 324 g/mol. The lowest BCUT2D eigenvalue weighted by molar-refractivity contribution is 0.0521. The van der Waals surface area contributed by atoms with Crippen LogP contribution in [-0.2, 0) is 11.3 Å². The number of fused-ring (bicyclic) bond motifs is 1. The maximum Gasteiger partial charge on any atom is 0.162 e. The highest BCUT2D eigenvalue weighted by molar-refractivity contribution is 5.76. The van der Waals surface area contributed by atoms with Crippen LogP contribution < -0.4 is 0 Å². The van der Waals surface area contributed by atoms with E-state index in [2.05, 4.69) is 35.3 Å². The second kappa shape index (κ2) is 7.98. The summed E-state index contributed by atoms with van der Waals surface area (Å²) in [6, 6.07) is 10.3. The highest BCUT2D eigenvalue weighted by Crippen LogP contribution is 2.23. The van der Waals surface area contributed by atoms with E-state index >= 15 is 0 Å². The Kier molecular flexibility index (Phi) is 5.27. The van der Waals surface area contributed by atoms with E-state index in [0.717, 1.165) is 55.5 Å². The van der Waals surface area contributed by atoms with Crippen molar-refractivity contribution in [3.8, 4) is 11.1 Å². The summed E-state index contributed by atoms with van der Waals surface area (Å²) in [7, 11) is 0. The minimum absolute atomic E-state index is 0.745. The Balaban J connectivity index is 1.50. The molecule has 0 radical (unpaired) electrons. The van der Waals surface area contributed by atoms with Crippen LogP contribution in [0.15, 0.2) is 48.9 Å². The average Bonchev–Trinajstić information content (AvgIpc) is 3.12. The Bertz CT molecular complexity index is 840. The Hall–Kier alpha value is -2.24. The van der Waals surface area contributed by atoms with Crippen molar-refractivity contribution in [1.29, 1.82) is 0 Å². The molecule has 0 saturated carbocycles. The van der Waals surface area contributed by atoms with E-state index in [4.69, 9.17) is 9.72 Å². The smallest absolute Gasteiger partial charge is 0.162 e. The minimum Gasteiger partial charge on any atom is -0.381 e. The number of hydrogen-bond acceptors (Lipinski definition) is 4. The van der Waals surface area contributed by atoms with Gasteiger partial charge in [-0.15, -0.1) is 0 Å². The van der Waals surface area contributed by atoms with E-state index in [1.165, 1.54) is 18.4 Å². The van der Waals surface area contributed by atoms with Crippen molar-refractivity contribution in [3.63, 3.8) is 0 Å². The highest BCUT2D eigenvalue weighted by Gasteiger charge is 2.17. The zero-order valence-electron chi connectivity index (χ0n) is 15.3. The van der Waals surface area contributed by atoms with Gasteiger partial charge in [0.1, 0.15) is 0 Å². The molecule has 3 heterocycles. The summed E-state index contributed by atoms with van der Waals surface area (Å²) in [6.45, 7) is 7.14. The van der Waals surface area contributed by atoms with Gasteiger partial charge in [0.25, 0.3) is 0 Å². The first-order chi connectivity index (χ1) is 12.8. The van der Waals surface area contributed by atoms with E-state index in [-0.39, 0.29) is 0 Å². The van der Waals surface area contributed by atoms with Gasteiger partial charge in [-0.3, -0.25) is 4.90 Å². The maximum atomic E-state index is 5.48. The maximum absolute atomic E-state index is 5.48. The second-order valence-electron chi connectivity index (χ2n) is 7.04. The molecule has 0 aliphatic carbocycles. The normalized spacial score (nSPS) is 15.8. The number of benzene rings is 1. The molecule has 5 heteroatoms. The van der Waals surface area contributed by atoms with Gasteiger partial charge in [-0.05, 0) is 30.9 Å². The SMILES string of the molecule is CCN(Cc1cnc2c(-c3ccccc3)cnn2c1)CC1CCOCC1. The molecule has 0 unspecified atom stereocenters. The summed E-state index contributed by atoms with van der Waals surface area (Å²) in [5, 5.41) is 4.52. The standard InChI is InChI=1S/C21H26N4O/c1-2-24(14-17-8-10-26-11-9-17)15-18-12-22-21-20(13-23-25(21)16-18)19-6-4-3-5-7-19/h3-7,12-13,16-17H,2,8-11,14-15H2,1H3. The molecular formula is C21H26N4O. The summed E-state index contributed by atoms with van der Waals surface area (Å²) in [4.78, 5) is 7.21. The van der Waals surface area contributed by atoms with Crippen LogP contribution in [0.2, 0.25) is 0 Å². The molecule has 2 aromatic heterocycles. The number of nitrogens with zero attached hydrogens (tertiary/aromatic N) is 4. The van der Waals surface area contributed by atoms with Crippen molar-refractivity contribution in [2.75, 3.05) is 26.3 Å². The third-order valence-electron chi connectivity index (χ3n) is 5.21. The lowest BCUT2D eigenvalue weighted by Crippen LogP contribution is -2.32. The van der Waals surface area contributed by atoms with Crippen LogP contribution in [0, 0.1) is 5.92 Å². The van der Waals surface area contributed by atoms with Crippen LogP contribution in [0.25, 0.3) is 16.8 Å². The second-order valence-corrected chi connectivity index (χ2v) is 7.04. The first kappa shape index (κ1) is 17.2. The topological polar surface area (TPSA) is 42.7 Å². The summed E-state index contributed by atoms with van der Waals surface area (Å²) in [5.41, 5.74) is 4.34. The van der Waals surface area contributed by atoms with Crippen LogP contribution in [0.4, 0.5) is 0 Å². The monoisotopic (exact) mass is 350 g/mol. The summed E-state index contributed by atoms with van der Waals surface area (Å²) in [5.74, 6) is 0.745. The Morgan fingerprint density at radius 1 is 1.15 bits per heavy atom. The summed E-state index contributed by atoms with van der Waals surface area (Å²) >= 11 is 0. The minimum atomic E-state index is 0.745. The van der Waals surface area contributed by atoms with E-state index in [1.807, 2.05) is 35.1 Å². The van der Waals surface area contributed by atoms with Gasteiger partial charge < -0.3 is 4.74 Å². The van der Waals surface area contributed by atoms with Crippen LogP contribution in [0.3, 0.4) is 0 Å². The molecule has 0 N–H and O–H groups in total. The molecule has 0 amide bonds. The van der Waals surface area contributed by atoms with E-state index < -0.39 is 0 Å². The van der Waals surface area contributed by atoms with Gasteiger partial charge in [0, 0.05) is 49.8 Å². The molecule has 1 aliphatic rings. The molecule has 0 atom stereocenters. The van der Waals surface area contributed by atoms with E-state index in [0.29, 0.717) is 0 Å². The highest BCUT2D eigenvalue weighted by atomic mass is 16.5. The third kappa shape index (κ3) is 3.79. The van der Waals surface area contributed by atoms with Crippen molar-refractivity contribution in [2.24, 2.45) is 5.92 Å². The predicted molar refractivity (Wildman–Crippen MR) is 103 cm³/mol. The predicted octanol–water partition coefficient (Wildman–Crippen LogP) is 3.64. The van der Waals surface area contributed by atoms with Crippen molar-refractivity contribution >= 4 is 5.65 Å². The van der Waals surface area contributed by atoms with Crippen LogP contribution in [-0.4, -0.2) is 45.8 Å². The molecule has 136 valence electrons. The van der Waals surface area contributed by atoms with E-state index in [1.54, 1.807) is 0 Å². The molecule has 26 heavy (non-hydrogen) atoms. The first-order valence-corrected chi connectivity index (χ1v) is 9.51. The zero-order valence-corrected chi connectivity index (χ0v) is 15.3. The molecule has 1 fully saturated rings. The molecule has 5 nitrogen and oxygen atoms in total. The molecule has 1 aromatic carbocycles. The number of rotatable bonds is 6. The molecule has 3 aromatic rings. The summed E-state index contributed by atoms with van der Waals surface area (Å²) < 4.78 is 7.38. The number of ether oxygens (including phenoxy) is 1. The Morgan fingerprint density at radius 3 is 2.73 bits per heavy atom. The summed E-state index contributed by atoms with van der Waals surface area (Å²) in [6.07, 6.45) is 8.36. The number of aromatic nitrogens is 3. The van der Waals surface area contributed by atoms with Crippen LogP contribution >= 0.6 is 0 Å². The molecule has 0 bridgehead atoms. The van der Waals surface area contributed by atoms with E-state index in [9.17, 15) is 0 Å². The van der Waals surface area contributed by atoms with Gasteiger partial charge in [0.05, 0.1) is 6.20 Å². The van der Waals surface area contributed by atoms with Gasteiger partial charge in [0.2, 0.25) is 0 Å². The van der Waals surface area contributed by atoms with Crippen molar-refractivity contribution in [1.82, 2.24) is 19.5 Å².